The number of aryl methyl sites for hydroxylation is 1. The molecule has 3 rings (SSSR count). The zero-order valence-corrected chi connectivity index (χ0v) is 16.4. The molecule has 1 saturated heterocycles. The number of benzene rings is 1. The largest absolute Gasteiger partial charge is 0.466 e. The Morgan fingerprint density at radius 3 is 2.63 bits per heavy atom. The van der Waals surface area contributed by atoms with E-state index in [0.717, 1.165) is 5.56 Å². The Morgan fingerprint density at radius 2 is 1.96 bits per heavy atom. The number of carbonyl (C=O) groups excluding carboxylic acids is 2. The topological polar surface area (TPSA) is 88.2 Å². The van der Waals surface area contributed by atoms with Gasteiger partial charge in [-0.15, -0.1) is 5.10 Å². The summed E-state index contributed by atoms with van der Waals surface area (Å²) in [5.74, 6) is 0.786. The highest BCUT2D eigenvalue weighted by atomic mass is 32.2. The lowest BCUT2D eigenvalue weighted by molar-refractivity contribution is -0.151. The van der Waals surface area contributed by atoms with Crippen molar-refractivity contribution in [2.24, 2.45) is 5.92 Å². The van der Waals surface area contributed by atoms with Gasteiger partial charge in [-0.2, -0.15) is 0 Å². The fraction of sp³-hybridized carbons (Fsp3) is 0.474. The Morgan fingerprint density at radius 1 is 1.26 bits per heavy atom. The maximum absolute atomic E-state index is 12.4. The monoisotopic (exact) mass is 388 g/mol. The second kappa shape index (κ2) is 9.03. The van der Waals surface area contributed by atoms with Crippen LogP contribution < -0.4 is 0 Å². The van der Waals surface area contributed by atoms with Gasteiger partial charge in [-0.25, -0.2) is 4.98 Å². The molecule has 0 aliphatic carbocycles. The molecular formula is C19H24N4O3S. The van der Waals surface area contributed by atoms with E-state index in [1.807, 2.05) is 31.2 Å². The summed E-state index contributed by atoms with van der Waals surface area (Å²) < 4.78 is 5.06. The van der Waals surface area contributed by atoms with Crippen LogP contribution in [0.3, 0.4) is 0 Å². The van der Waals surface area contributed by atoms with Gasteiger partial charge in [0.15, 0.2) is 5.82 Å². The van der Waals surface area contributed by atoms with Crippen molar-refractivity contribution in [1.29, 1.82) is 0 Å². The van der Waals surface area contributed by atoms with Gasteiger partial charge in [0, 0.05) is 18.7 Å². The predicted octanol–water partition coefficient (Wildman–Crippen LogP) is 2.67. The summed E-state index contributed by atoms with van der Waals surface area (Å²) in [6.45, 7) is 5.42. The Bertz CT molecular complexity index is 783. The van der Waals surface area contributed by atoms with Crippen molar-refractivity contribution >= 4 is 23.6 Å². The van der Waals surface area contributed by atoms with Crippen molar-refractivity contribution < 1.29 is 14.3 Å². The van der Waals surface area contributed by atoms with E-state index in [0.29, 0.717) is 43.5 Å². The number of aromatic nitrogens is 3. The number of amides is 1. The van der Waals surface area contributed by atoms with Gasteiger partial charge in [-0.3, -0.25) is 14.7 Å². The average molecular weight is 388 g/mol. The second-order valence-corrected chi connectivity index (χ2v) is 7.47. The summed E-state index contributed by atoms with van der Waals surface area (Å²) in [7, 11) is 0. The van der Waals surface area contributed by atoms with E-state index in [9.17, 15) is 9.59 Å². The highest BCUT2D eigenvalue weighted by Gasteiger charge is 2.28. The van der Waals surface area contributed by atoms with Crippen molar-refractivity contribution in [3.05, 3.63) is 29.8 Å². The molecule has 2 aromatic rings. The molecule has 7 nitrogen and oxygen atoms in total. The van der Waals surface area contributed by atoms with Crippen LogP contribution >= 0.6 is 11.8 Å². The van der Waals surface area contributed by atoms with E-state index in [4.69, 9.17) is 4.74 Å². The lowest BCUT2D eigenvalue weighted by atomic mass is 9.97. The number of H-pyrrole nitrogens is 1. The number of piperidine rings is 1. The minimum absolute atomic E-state index is 0.0454. The Hall–Kier alpha value is -2.35. The van der Waals surface area contributed by atoms with E-state index in [-0.39, 0.29) is 23.5 Å². The first-order valence-electron chi connectivity index (χ1n) is 9.13. The number of thioether (sulfide) groups is 1. The van der Waals surface area contributed by atoms with Gasteiger partial charge in [0.2, 0.25) is 11.1 Å². The number of rotatable bonds is 6. The predicted molar refractivity (Wildman–Crippen MR) is 103 cm³/mol. The standard InChI is InChI=1S/C19H24N4O3S/c1-3-26-18(25)15-8-10-23(11-9-15)16(24)12-27-19-20-17(21-22-19)14-6-4-13(2)5-7-14/h4-7,15H,3,8-12H2,1-2H3,(H,20,21,22). The minimum atomic E-state index is -0.150. The van der Waals surface area contributed by atoms with Gasteiger partial charge in [0.1, 0.15) is 0 Å². The maximum Gasteiger partial charge on any atom is 0.309 e. The molecule has 2 heterocycles. The molecule has 27 heavy (non-hydrogen) atoms. The molecule has 144 valence electrons. The van der Waals surface area contributed by atoms with Crippen LogP contribution in [0.25, 0.3) is 11.4 Å². The molecule has 0 saturated carbocycles. The molecule has 1 N–H and O–H groups in total. The number of hydrogen-bond acceptors (Lipinski definition) is 6. The lowest BCUT2D eigenvalue weighted by Gasteiger charge is -2.30. The Kier molecular flexibility index (Phi) is 6.49. The molecule has 0 unspecified atom stereocenters. The molecule has 1 aromatic carbocycles. The van der Waals surface area contributed by atoms with Crippen molar-refractivity contribution in [3.63, 3.8) is 0 Å². The highest BCUT2D eigenvalue weighted by molar-refractivity contribution is 7.99. The number of hydrogen-bond donors (Lipinski definition) is 1. The Labute approximate surface area is 162 Å². The third-order valence-corrected chi connectivity index (χ3v) is 5.41. The lowest BCUT2D eigenvalue weighted by Crippen LogP contribution is -2.41. The zero-order chi connectivity index (χ0) is 19.2. The van der Waals surface area contributed by atoms with E-state index in [1.165, 1.54) is 17.3 Å². The van der Waals surface area contributed by atoms with Gasteiger partial charge >= 0.3 is 5.97 Å². The fourth-order valence-electron chi connectivity index (χ4n) is 2.99. The molecule has 0 bridgehead atoms. The van der Waals surface area contributed by atoms with Crippen molar-refractivity contribution in [1.82, 2.24) is 20.1 Å². The summed E-state index contributed by atoms with van der Waals surface area (Å²) in [6.07, 6.45) is 1.32. The number of nitrogens with zero attached hydrogens (tertiary/aromatic N) is 3. The van der Waals surface area contributed by atoms with Crippen molar-refractivity contribution in [2.45, 2.75) is 31.8 Å². The van der Waals surface area contributed by atoms with Gasteiger partial charge in [-0.05, 0) is 26.7 Å². The van der Waals surface area contributed by atoms with Crippen LogP contribution in [0.5, 0.6) is 0 Å². The summed E-state index contributed by atoms with van der Waals surface area (Å²) in [4.78, 5) is 30.4. The van der Waals surface area contributed by atoms with E-state index in [2.05, 4.69) is 15.2 Å². The fourth-order valence-corrected chi connectivity index (χ4v) is 3.69. The van der Waals surface area contributed by atoms with Gasteiger partial charge < -0.3 is 9.64 Å². The molecule has 0 radical (unpaired) electrons. The van der Waals surface area contributed by atoms with Crippen LogP contribution in [0.4, 0.5) is 0 Å². The first-order valence-corrected chi connectivity index (χ1v) is 10.1. The summed E-state index contributed by atoms with van der Waals surface area (Å²) in [5, 5.41) is 7.66. The van der Waals surface area contributed by atoms with Crippen LogP contribution in [0.15, 0.2) is 29.4 Å². The highest BCUT2D eigenvalue weighted by Crippen LogP contribution is 2.22. The number of carbonyl (C=O) groups is 2. The van der Waals surface area contributed by atoms with E-state index < -0.39 is 0 Å². The quantitative estimate of drug-likeness (QED) is 0.605. The number of ether oxygens (including phenoxy) is 1. The molecule has 1 amide bonds. The first-order chi connectivity index (χ1) is 13.1. The van der Waals surface area contributed by atoms with Crippen LogP contribution in [0, 0.1) is 12.8 Å². The zero-order valence-electron chi connectivity index (χ0n) is 15.6. The maximum atomic E-state index is 12.4. The molecule has 1 aromatic heterocycles. The van der Waals surface area contributed by atoms with Gasteiger partial charge in [0.05, 0.1) is 18.3 Å². The number of likely N-dealkylation sites (tertiary alicyclic amines) is 1. The molecule has 0 atom stereocenters. The number of esters is 1. The van der Waals surface area contributed by atoms with Gasteiger partial charge in [-0.1, -0.05) is 41.6 Å². The summed E-state index contributed by atoms with van der Waals surface area (Å²) in [5.41, 5.74) is 2.15. The normalized spacial score (nSPS) is 15.0. The average Bonchev–Trinajstić information content (AvgIpc) is 3.16. The molecular weight excluding hydrogens is 364 g/mol. The molecule has 1 aliphatic rings. The third kappa shape index (κ3) is 5.09. The first kappa shape index (κ1) is 19.4. The van der Waals surface area contributed by atoms with Crippen molar-refractivity contribution in [2.75, 3.05) is 25.4 Å². The minimum Gasteiger partial charge on any atom is -0.466 e. The SMILES string of the molecule is CCOC(=O)C1CCN(C(=O)CSc2n[nH]c(-c3ccc(C)cc3)n2)CC1. The van der Waals surface area contributed by atoms with E-state index >= 15 is 0 Å². The number of nitrogens with one attached hydrogen (secondary N) is 1. The van der Waals surface area contributed by atoms with Gasteiger partial charge in [0.25, 0.3) is 0 Å². The van der Waals surface area contributed by atoms with E-state index in [1.54, 1.807) is 11.8 Å². The summed E-state index contributed by atoms with van der Waals surface area (Å²) >= 11 is 1.32. The Balaban J connectivity index is 1.47. The number of aromatic amines is 1. The van der Waals surface area contributed by atoms with Crippen LogP contribution in [0.1, 0.15) is 25.3 Å². The summed E-state index contributed by atoms with van der Waals surface area (Å²) in [6, 6.07) is 8.02. The third-order valence-electron chi connectivity index (χ3n) is 4.58. The molecule has 1 aliphatic heterocycles. The second-order valence-electron chi connectivity index (χ2n) is 6.53. The molecule has 8 heteroatoms. The molecule has 1 fully saturated rings. The van der Waals surface area contributed by atoms with Crippen LogP contribution in [-0.2, 0) is 14.3 Å². The van der Waals surface area contributed by atoms with Crippen LogP contribution in [-0.4, -0.2) is 57.4 Å². The van der Waals surface area contributed by atoms with Crippen molar-refractivity contribution in [3.8, 4) is 11.4 Å². The van der Waals surface area contributed by atoms with Crippen LogP contribution in [0.2, 0.25) is 0 Å². The smallest absolute Gasteiger partial charge is 0.309 e. The molecule has 0 spiro atoms.